The fraction of sp³-hybridized carbons (Fsp3) is 0.750. The molecule has 0 rings (SSSR count). The summed E-state index contributed by atoms with van der Waals surface area (Å²) in [5, 5.41) is 1.46. The summed E-state index contributed by atoms with van der Waals surface area (Å²) in [6, 6.07) is 0. The maximum Gasteiger partial charge on any atom is 0.156 e. The largest absolute Gasteiger partial charge is 0.486 e. The molecule has 0 saturated heterocycles. The van der Waals surface area contributed by atoms with Crippen molar-refractivity contribution in [1.82, 2.24) is 0 Å². The van der Waals surface area contributed by atoms with Crippen molar-refractivity contribution in [2.75, 3.05) is 11.9 Å². The molecule has 1 nitrogen and oxygen atoms in total. The molecule has 0 aliphatic carbocycles. The molecule has 0 heterocycles. The van der Waals surface area contributed by atoms with Gasteiger partial charge in [0.2, 0.25) is 0 Å². The molecule has 0 spiro atoms. The highest BCUT2D eigenvalue weighted by atomic mass is 79.9. The van der Waals surface area contributed by atoms with Gasteiger partial charge < -0.3 is 4.74 Å². The molecule has 42 valence electrons. The monoisotopic (exact) mass is 182 g/mol. The van der Waals surface area contributed by atoms with E-state index in [9.17, 15) is 0 Å². The van der Waals surface area contributed by atoms with Crippen molar-refractivity contribution in [3.05, 3.63) is 0 Å². The predicted molar refractivity (Wildman–Crippen MR) is 38.0 cm³/mol. The molecule has 0 unspecified atom stereocenters. The molecule has 0 aromatic heterocycles. The molecule has 7 heavy (non-hydrogen) atoms. The molecule has 0 saturated carbocycles. The molecule has 0 aliphatic rings. The lowest BCUT2D eigenvalue weighted by Crippen LogP contribution is -1.97. The zero-order chi connectivity index (χ0) is 5.70. The van der Waals surface area contributed by atoms with E-state index in [0.29, 0.717) is 11.7 Å². The van der Waals surface area contributed by atoms with Crippen molar-refractivity contribution in [1.29, 1.82) is 0 Å². The molecule has 0 aromatic rings. The minimum Gasteiger partial charge on any atom is -0.486 e. The lowest BCUT2D eigenvalue weighted by Gasteiger charge is -1.96. The SMILES string of the molecule is CC(=S)OCCBr. The van der Waals surface area contributed by atoms with Crippen molar-refractivity contribution >= 4 is 33.2 Å². The van der Waals surface area contributed by atoms with Gasteiger partial charge in [-0.2, -0.15) is 0 Å². The van der Waals surface area contributed by atoms with Crippen molar-refractivity contribution < 1.29 is 4.74 Å². The van der Waals surface area contributed by atoms with Gasteiger partial charge in [-0.25, -0.2) is 0 Å². The number of hydrogen-bond donors (Lipinski definition) is 0. The highest BCUT2D eigenvalue weighted by molar-refractivity contribution is 9.09. The molecular formula is C4H7BrOS. The Hall–Kier alpha value is 0.370. The number of ether oxygens (including phenoxy) is 1. The smallest absolute Gasteiger partial charge is 0.156 e. The fourth-order valence-electron chi connectivity index (χ4n) is 0.182. The number of halogens is 1. The van der Waals surface area contributed by atoms with Crippen molar-refractivity contribution in [2.24, 2.45) is 0 Å². The number of alkyl halides is 1. The van der Waals surface area contributed by atoms with Crippen LogP contribution in [-0.2, 0) is 4.74 Å². The van der Waals surface area contributed by atoms with Crippen LogP contribution in [0.5, 0.6) is 0 Å². The lowest BCUT2D eigenvalue weighted by molar-refractivity contribution is 0.339. The Balaban J connectivity index is 2.82. The predicted octanol–water partition coefficient (Wildman–Crippen LogP) is 1.75. The zero-order valence-electron chi connectivity index (χ0n) is 4.11. The van der Waals surface area contributed by atoms with Gasteiger partial charge in [0.25, 0.3) is 0 Å². The van der Waals surface area contributed by atoms with E-state index in [0.717, 1.165) is 5.33 Å². The van der Waals surface area contributed by atoms with E-state index in [2.05, 4.69) is 28.1 Å². The van der Waals surface area contributed by atoms with Crippen LogP contribution in [0.2, 0.25) is 0 Å². The van der Waals surface area contributed by atoms with Crippen LogP contribution in [0.4, 0.5) is 0 Å². The third kappa shape index (κ3) is 6.37. The van der Waals surface area contributed by atoms with Crippen LogP contribution >= 0.6 is 28.1 Å². The second-order valence-electron chi connectivity index (χ2n) is 1.03. The minimum atomic E-state index is 0.611. The van der Waals surface area contributed by atoms with E-state index in [-0.39, 0.29) is 0 Å². The fourth-order valence-corrected chi connectivity index (χ4v) is 0.428. The van der Waals surface area contributed by atoms with Gasteiger partial charge in [0.15, 0.2) is 5.05 Å². The Labute approximate surface area is 57.2 Å². The van der Waals surface area contributed by atoms with Crippen LogP contribution in [0.1, 0.15) is 6.92 Å². The van der Waals surface area contributed by atoms with Gasteiger partial charge in [0.1, 0.15) is 0 Å². The first-order valence-electron chi connectivity index (χ1n) is 1.96. The van der Waals surface area contributed by atoms with Gasteiger partial charge in [0, 0.05) is 12.3 Å². The van der Waals surface area contributed by atoms with Gasteiger partial charge in [0.05, 0.1) is 6.61 Å². The third-order valence-corrected chi connectivity index (χ3v) is 0.824. The molecule has 0 aromatic carbocycles. The first-order valence-corrected chi connectivity index (χ1v) is 3.49. The Morgan fingerprint density at radius 3 is 2.57 bits per heavy atom. The summed E-state index contributed by atoms with van der Waals surface area (Å²) in [6.45, 7) is 2.44. The molecule has 0 atom stereocenters. The van der Waals surface area contributed by atoms with Crippen molar-refractivity contribution in [3.63, 3.8) is 0 Å². The van der Waals surface area contributed by atoms with Crippen molar-refractivity contribution in [2.45, 2.75) is 6.92 Å². The Kier molecular flexibility index (Phi) is 4.77. The molecule has 0 amide bonds. The van der Waals surface area contributed by atoms with Crippen LogP contribution < -0.4 is 0 Å². The number of hydrogen-bond acceptors (Lipinski definition) is 2. The molecule has 0 bridgehead atoms. The summed E-state index contributed by atoms with van der Waals surface area (Å²) >= 11 is 7.81. The van der Waals surface area contributed by atoms with Crippen LogP contribution in [0.15, 0.2) is 0 Å². The second kappa shape index (κ2) is 4.53. The molecular weight excluding hydrogens is 176 g/mol. The first-order chi connectivity index (χ1) is 3.27. The minimum absolute atomic E-state index is 0.611. The van der Waals surface area contributed by atoms with E-state index >= 15 is 0 Å². The maximum atomic E-state index is 4.88. The van der Waals surface area contributed by atoms with Gasteiger partial charge in [-0.15, -0.1) is 0 Å². The van der Waals surface area contributed by atoms with E-state index in [1.54, 1.807) is 6.92 Å². The van der Waals surface area contributed by atoms with Crippen LogP contribution in [0.3, 0.4) is 0 Å². The molecule has 0 fully saturated rings. The van der Waals surface area contributed by atoms with Crippen LogP contribution in [0.25, 0.3) is 0 Å². The highest BCUT2D eigenvalue weighted by Crippen LogP contribution is 1.83. The standard InChI is InChI=1S/C4H7BrOS/c1-4(7)6-3-2-5/h2-3H2,1H3. The molecule has 0 N–H and O–H groups in total. The van der Waals surface area contributed by atoms with Crippen molar-refractivity contribution in [3.8, 4) is 0 Å². The summed E-state index contributed by atoms with van der Waals surface area (Å²) in [6.07, 6.45) is 0. The Morgan fingerprint density at radius 2 is 2.43 bits per heavy atom. The zero-order valence-corrected chi connectivity index (χ0v) is 6.51. The normalized spacial score (nSPS) is 8.29. The topological polar surface area (TPSA) is 9.23 Å². The maximum absolute atomic E-state index is 4.88. The van der Waals surface area contributed by atoms with Gasteiger partial charge >= 0.3 is 0 Å². The average molecular weight is 183 g/mol. The quantitative estimate of drug-likeness (QED) is 0.476. The molecule has 0 radical (unpaired) electrons. The highest BCUT2D eigenvalue weighted by Gasteiger charge is 1.81. The number of rotatable bonds is 2. The van der Waals surface area contributed by atoms with Crippen LogP contribution in [0, 0.1) is 0 Å². The number of thiocarbonyl (C=S) groups is 1. The average Bonchev–Trinajstić information content (AvgIpc) is 1.61. The lowest BCUT2D eigenvalue weighted by atomic mass is 10.8. The Bertz CT molecular complexity index is 64.7. The Morgan fingerprint density at radius 1 is 1.86 bits per heavy atom. The van der Waals surface area contributed by atoms with Gasteiger partial charge in [-0.3, -0.25) is 0 Å². The van der Waals surface area contributed by atoms with Gasteiger partial charge in [-0.1, -0.05) is 15.9 Å². The first kappa shape index (κ1) is 7.37. The summed E-state index contributed by atoms with van der Waals surface area (Å²) in [5.41, 5.74) is 0. The van der Waals surface area contributed by atoms with E-state index < -0.39 is 0 Å². The van der Waals surface area contributed by atoms with E-state index in [1.807, 2.05) is 0 Å². The van der Waals surface area contributed by atoms with Crippen LogP contribution in [-0.4, -0.2) is 17.0 Å². The summed E-state index contributed by atoms with van der Waals surface area (Å²) in [7, 11) is 0. The molecule has 0 aliphatic heterocycles. The van der Waals surface area contributed by atoms with E-state index in [4.69, 9.17) is 4.74 Å². The summed E-state index contributed by atoms with van der Waals surface area (Å²) < 4.78 is 4.88. The van der Waals surface area contributed by atoms with E-state index in [1.165, 1.54) is 0 Å². The van der Waals surface area contributed by atoms with Gasteiger partial charge in [-0.05, 0) is 12.2 Å². The third-order valence-electron chi connectivity index (χ3n) is 0.382. The molecule has 3 heteroatoms. The summed E-state index contributed by atoms with van der Waals surface area (Å²) in [5.74, 6) is 0. The summed E-state index contributed by atoms with van der Waals surface area (Å²) in [4.78, 5) is 0. The second-order valence-corrected chi connectivity index (χ2v) is 2.40.